The van der Waals surface area contributed by atoms with E-state index in [2.05, 4.69) is 37.2 Å². The van der Waals surface area contributed by atoms with E-state index in [0.717, 1.165) is 4.31 Å². The average molecular weight is 429 g/mol. The summed E-state index contributed by atoms with van der Waals surface area (Å²) in [7, 11) is -0.789. The highest BCUT2D eigenvalue weighted by Gasteiger charge is 2.26. The first kappa shape index (κ1) is 17.4. The second kappa shape index (κ2) is 6.88. The number of carbonyl (C=O) groups is 1. The van der Waals surface area contributed by atoms with Crippen LogP contribution in [0, 0.1) is 0 Å². The van der Waals surface area contributed by atoms with E-state index in [0.29, 0.717) is 14.6 Å². The minimum atomic E-state index is -3.72. The van der Waals surface area contributed by atoms with Crippen LogP contribution < -0.4 is 11.1 Å². The first-order valence-electron chi connectivity index (χ1n) is 5.61. The van der Waals surface area contributed by atoms with Crippen molar-refractivity contribution in [2.24, 2.45) is 0 Å². The quantitative estimate of drug-likeness (QED) is 0.696. The Morgan fingerprint density at radius 1 is 1.35 bits per heavy atom. The Balaban J connectivity index is 3.08. The number of rotatable bonds is 5. The number of benzene rings is 1. The SMILES string of the molecule is CNC(=O)CCN(C)S(=O)(=O)c1c(Br)cc(N)cc1Br. The number of nitrogen functional groups attached to an aromatic ring is 1. The molecule has 0 aromatic heterocycles. The highest BCUT2D eigenvalue weighted by atomic mass is 79.9. The number of nitrogens with one attached hydrogen (secondary N) is 1. The molecule has 1 rings (SSSR count). The number of carbonyl (C=O) groups excluding carboxylic acids is 1. The number of sulfonamides is 1. The Labute approximate surface area is 135 Å². The first-order valence-corrected chi connectivity index (χ1v) is 8.64. The molecule has 0 saturated heterocycles. The number of anilines is 1. The maximum atomic E-state index is 12.5. The van der Waals surface area contributed by atoms with Gasteiger partial charge in [-0.15, -0.1) is 0 Å². The zero-order valence-electron chi connectivity index (χ0n) is 11.0. The van der Waals surface area contributed by atoms with Crippen LogP contribution in [0.3, 0.4) is 0 Å². The Morgan fingerprint density at radius 3 is 2.30 bits per heavy atom. The van der Waals surface area contributed by atoms with Gasteiger partial charge in [-0.25, -0.2) is 12.7 Å². The zero-order chi connectivity index (χ0) is 15.5. The first-order chi connectivity index (χ1) is 9.20. The van der Waals surface area contributed by atoms with Crippen LogP contribution in [0.5, 0.6) is 0 Å². The summed E-state index contributed by atoms with van der Waals surface area (Å²) in [6.45, 7) is 0.0886. The molecule has 0 heterocycles. The smallest absolute Gasteiger partial charge is 0.245 e. The molecule has 112 valence electrons. The summed E-state index contributed by atoms with van der Waals surface area (Å²) in [5, 5.41) is 2.45. The lowest BCUT2D eigenvalue weighted by molar-refractivity contribution is -0.120. The second-order valence-corrected chi connectivity index (χ2v) is 7.75. The monoisotopic (exact) mass is 427 g/mol. The fourth-order valence-electron chi connectivity index (χ4n) is 1.49. The normalized spacial score (nSPS) is 11.7. The second-order valence-electron chi connectivity index (χ2n) is 4.06. The third-order valence-corrected chi connectivity index (χ3v) is 6.36. The number of halogens is 2. The van der Waals surface area contributed by atoms with Gasteiger partial charge in [0.05, 0.1) is 0 Å². The van der Waals surface area contributed by atoms with E-state index in [1.807, 2.05) is 0 Å². The molecule has 0 aliphatic carbocycles. The van der Waals surface area contributed by atoms with Crippen molar-refractivity contribution in [2.45, 2.75) is 11.3 Å². The molecule has 0 aliphatic rings. The minimum Gasteiger partial charge on any atom is -0.399 e. The minimum absolute atomic E-state index is 0.0886. The van der Waals surface area contributed by atoms with Gasteiger partial charge in [0.1, 0.15) is 4.90 Å². The third-order valence-electron chi connectivity index (χ3n) is 2.62. The van der Waals surface area contributed by atoms with Crippen LogP contribution in [-0.4, -0.2) is 39.3 Å². The van der Waals surface area contributed by atoms with Crippen molar-refractivity contribution < 1.29 is 13.2 Å². The van der Waals surface area contributed by atoms with Gasteiger partial charge in [0.2, 0.25) is 15.9 Å². The standard InChI is InChI=1S/C11H15Br2N3O3S/c1-15-10(17)3-4-16(2)20(18,19)11-8(12)5-7(14)6-9(11)13/h5-6H,3-4,14H2,1-2H3,(H,15,17). The van der Waals surface area contributed by atoms with E-state index in [9.17, 15) is 13.2 Å². The molecule has 1 amide bonds. The number of nitrogens with two attached hydrogens (primary N) is 1. The Kier molecular flexibility index (Phi) is 5.99. The maximum absolute atomic E-state index is 12.5. The van der Waals surface area contributed by atoms with Crippen molar-refractivity contribution in [3.63, 3.8) is 0 Å². The zero-order valence-corrected chi connectivity index (χ0v) is 15.0. The third kappa shape index (κ3) is 3.94. The molecule has 20 heavy (non-hydrogen) atoms. The maximum Gasteiger partial charge on any atom is 0.245 e. The van der Waals surface area contributed by atoms with Gasteiger partial charge in [0.25, 0.3) is 0 Å². The fraction of sp³-hybridized carbons (Fsp3) is 0.364. The Hall–Kier alpha value is -0.640. The molecule has 0 saturated carbocycles. The van der Waals surface area contributed by atoms with Crippen LogP contribution in [0.4, 0.5) is 5.69 Å². The molecule has 9 heteroatoms. The van der Waals surface area contributed by atoms with Crippen LogP contribution in [-0.2, 0) is 14.8 Å². The number of nitrogens with zero attached hydrogens (tertiary/aromatic N) is 1. The van der Waals surface area contributed by atoms with Gasteiger partial charge >= 0.3 is 0 Å². The van der Waals surface area contributed by atoms with Crippen molar-refractivity contribution in [1.82, 2.24) is 9.62 Å². The van der Waals surface area contributed by atoms with Crippen molar-refractivity contribution in [1.29, 1.82) is 0 Å². The Morgan fingerprint density at radius 2 is 1.85 bits per heavy atom. The summed E-state index contributed by atoms with van der Waals surface area (Å²) >= 11 is 6.40. The summed E-state index contributed by atoms with van der Waals surface area (Å²) in [5.74, 6) is -0.220. The van der Waals surface area contributed by atoms with E-state index < -0.39 is 10.0 Å². The van der Waals surface area contributed by atoms with Crippen LogP contribution in [0.1, 0.15) is 6.42 Å². The molecule has 0 fully saturated rings. The molecule has 0 radical (unpaired) electrons. The lowest BCUT2D eigenvalue weighted by atomic mass is 10.3. The molecule has 0 bridgehead atoms. The lowest BCUT2D eigenvalue weighted by Gasteiger charge is -2.19. The summed E-state index contributed by atoms with van der Waals surface area (Å²) < 4.78 is 26.8. The molecule has 0 aliphatic heterocycles. The lowest BCUT2D eigenvalue weighted by Crippen LogP contribution is -2.31. The molecular weight excluding hydrogens is 414 g/mol. The van der Waals surface area contributed by atoms with E-state index in [-0.39, 0.29) is 23.8 Å². The summed E-state index contributed by atoms with van der Waals surface area (Å²) in [5.41, 5.74) is 6.08. The van der Waals surface area contributed by atoms with Crippen molar-refractivity contribution in [3.8, 4) is 0 Å². The van der Waals surface area contributed by atoms with E-state index in [1.165, 1.54) is 26.2 Å². The molecule has 1 aromatic rings. The van der Waals surface area contributed by atoms with Crippen molar-refractivity contribution in [2.75, 3.05) is 26.4 Å². The van der Waals surface area contributed by atoms with Gasteiger partial charge in [-0.2, -0.15) is 0 Å². The molecule has 6 nitrogen and oxygen atoms in total. The highest BCUT2D eigenvalue weighted by molar-refractivity contribution is 9.11. The van der Waals surface area contributed by atoms with Crippen LogP contribution >= 0.6 is 31.9 Å². The largest absolute Gasteiger partial charge is 0.399 e. The van der Waals surface area contributed by atoms with Gasteiger partial charge in [-0.3, -0.25) is 4.79 Å². The predicted octanol–water partition coefficient (Wildman–Crippen LogP) is 1.55. The molecular formula is C11H15Br2N3O3S. The predicted molar refractivity (Wildman–Crippen MR) is 84.8 cm³/mol. The van der Waals surface area contributed by atoms with Gasteiger partial charge in [-0.1, -0.05) is 0 Å². The topological polar surface area (TPSA) is 92.5 Å². The van der Waals surface area contributed by atoms with Crippen LogP contribution in [0.2, 0.25) is 0 Å². The van der Waals surface area contributed by atoms with E-state index >= 15 is 0 Å². The van der Waals surface area contributed by atoms with Gasteiger partial charge in [0, 0.05) is 41.7 Å². The van der Waals surface area contributed by atoms with Crippen LogP contribution in [0.15, 0.2) is 26.0 Å². The fourth-order valence-corrected chi connectivity index (χ4v) is 5.19. The summed E-state index contributed by atoms with van der Waals surface area (Å²) in [6.07, 6.45) is 0.0937. The molecule has 1 aromatic carbocycles. The Bertz CT molecular complexity index is 596. The summed E-state index contributed by atoms with van der Waals surface area (Å²) in [6, 6.07) is 3.04. The van der Waals surface area contributed by atoms with E-state index in [4.69, 9.17) is 5.73 Å². The molecule has 0 unspecified atom stereocenters. The van der Waals surface area contributed by atoms with Gasteiger partial charge in [-0.05, 0) is 44.0 Å². The van der Waals surface area contributed by atoms with Crippen molar-refractivity contribution >= 4 is 53.5 Å². The summed E-state index contributed by atoms with van der Waals surface area (Å²) in [4.78, 5) is 11.3. The van der Waals surface area contributed by atoms with Crippen molar-refractivity contribution in [3.05, 3.63) is 21.1 Å². The molecule has 0 atom stereocenters. The number of hydrogen-bond acceptors (Lipinski definition) is 4. The number of hydrogen-bond donors (Lipinski definition) is 2. The highest BCUT2D eigenvalue weighted by Crippen LogP contribution is 2.34. The van der Waals surface area contributed by atoms with E-state index in [1.54, 1.807) is 0 Å². The molecule has 3 N–H and O–H groups in total. The molecule has 0 spiro atoms. The van der Waals surface area contributed by atoms with Gasteiger partial charge < -0.3 is 11.1 Å². The van der Waals surface area contributed by atoms with Gasteiger partial charge in [0.15, 0.2) is 0 Å². The van der Waals surface area contributed by atoms with Crippen LogP contribution in [0.25, 0.3) is 0 Å². The average Bonchev–Trinajstić information content (AvgIpc) is 2.33. The number of amides is 1.